The van der Waals surface area contributed by atoms with Crippen LogP contribution in [0.3, 0.4) is 0 Å². The van der Waals surface area contributed by atoms with Crippen LogP contribution in [0.25, 0.3) is 0 Å². The molecule has 0 aromatic carbocycles. The van der Waals surface area contributed by atoms with Crippen LogP contribution in [-0.2, 0) is 4.74 Å². The van der Waals surface area contributed by atoms with E-state index in [4.69, 9.17) is 4.74 Å². The van der Waals surface area contributed by atoms with Crippen LogP contribution in [0.4, 0.5) is 0 Å². The van der Waals surface area contributed by atoms with Gasteiger partial charge in [-0.3, -0.25) is 5.32 Å². The minimum absolute atomic E-state index is 0.889. The average molecular weight is 185 g/mol. The second-order valence-corrected chi connectivity index (χ2v) is 3.12. The standard InChI is InChI=1S/C5H10N2.C4H9NO/c1-7-4-2-3-6-5-7;1-3-6-4-2-5-1/h2,4,6H,3,5H2,1H3;5H,1-4H2. The van der Waals surface area contributed by atoms with E-state index in [2.05, 4.69) is 27.8 Å². The van der Waals surface area contributed by atoms with Gasteiger partial charge in [0.2, 0.25) is 0 Å². The Hall–Kier alpha value is -0.580. The normalized spacial score (nSPS) is 22.1. The molecule has 0 aromatic rings. The molecule has 0 amide bonds. The Bertz CT molecular complexity index is 134. The summed E-state index contributed by atoms with van der Waals surface area (Å²) in [7, 11) is 2.04. The maximum Gasteiger partial charge on any atom is 0.0675 e. The molecule has 2 N–H and O–H groups in total. The number of rotatable bonds is 0. The Morgan fingerprint density at radius 2 is 2.00 bits per heavy atom. The van der Waals surface area contributed by atoms with Gasteiger partial charge in [-0.15, -0.1) is 0 Å². The number of ether oxygens (including phenoxy) is 1. The third-order valence-corrected chi connectivity index (χ3v) is 1.83. The molecule has 0 spiro atoms. The van der Waals surface area contributed by atoms with Crippen LogP contribution in [-0.4, -0.2) is 51.5 Å². The van der Waals surface area contributed by atoms with E-state index in [0.717, 1.165) is 39.5 Å². The van der Waals surface area contributed by atoms with E-state index in [-0.39, 0.29) is 0 Å². The third kappa shape index (κ3) is 5.63. The fourth-order valence-corrected chi connectivity index (χ4v) is 1.13. The van der Waals surface area contributed by atoms with Gasteiger partial charge in [-0.2, -0.15) is 0 Å². The lowest BCUT2D eigenvalue weighted by atomic mass is 10.5. The van der Waals surface area contributed by atoms with Crippen LogP contribution in [0.15, 0.2) is 12.3 Å². The first kappa shape index (κ1) is 10.5. The predicted molar refractivity (Wildman–Crippen MR) is 53.5 cm³/mol. The van der Waals surface area contributed by atoms with Crippen LogP contribution >= 0.6 is 0 Å². The Labute approximate surface area is 79.9 Å². The van der Waals surface area contributed by atoms with Crippen molar-refractivity contribution in [1.82, 2.24) is 15.5 Å². The first-order valence-electron chi connectivity index (χ1n) is 4.75. The van der Waals surface area contributed by atoms with Crippen molar-refractivity contribution in [3.8, 4) is 0 Å². The summed E-state index contributed by atoms with van der Waals surface area (Å²) in [6.45, 7) is 5.83. The number of hydrogen-bond donors (Lipinski definition) is 2. The molecule has 2 heterocycles. The van der Waals surface area contributed by atoms with Crippen molar-refractivity contribution < 1.29 is 4.74 Å². The van der Waals surface area contributed by atoms with Crippen molar-refractivity contribution >= 4 is 0 Å². The van der Waals surface area contributed by atoms with Crippen molar-refractivity contribution in [1.29, 1.82) is 0 Å². The van der Waals surface area contributed by atoms with E-state index >= 15 is 0 Å². The summed E-state index contributed by atoms with van der Waals surface area (Å²) in [4.78, 5) is 2.10. The summed E-state index contributed by atoms with van der Waals surface area (Å²) >= 11 is 0. The topological polar surface area (TPSA) is 36.5 Å². The van der Waals surface area contributed by atoms with Gasteiger partial charge in [-0.1, -0.05) is 6.08 Å². The summed E-state index contributed by atoms with van der Waals surface area (Å²) < 4.78 is 5.01. The van der Waals surface area contributed by atoms with E-state index in [1.54, 1.807) is 0 Å². The highest BCUT2D eigenvalue weighted by Gasteiger charge is 1.93. The lowest BCUT2D eigenvalue weighted by molar-refractivity contribution is 0.109. The molecule has 1 fully saturated rings. The van der Waals surface area contributed by atoms with Crippen molar-refractivity contribution in [3.05, 3.63) is 12.3 Å². The van der Waals surface area contributed by atoms with Crippen LogP contribution < -0.4 is 10.6 Å². The molecule has 4 nitrogen and oxygen atoms in total. The van der Waals surface area contributed by atoms with Crippen LogP contribution in [0.5, 0.6) is 0 Å². The van der Waals surface area contributed by atoms with Gasteiger partial charge >= 0.3 is 0 Å². The molecular formula is C9H19N3O. The molecule has 0 atom stereocenters. The summed E-state index contributed by atoms with van der Waals surface area (Å²) in [6, 6.07) is 0. The monoisotopic (exact) mass is 185 g/mol. The Morgan fingerprint density at radius 3 is 2.23 bits per heavy atom. The fourth-order valence-electron chi connectivity index (χ4n) is 1.13. The Morgan fingerprint density at radius 1 is 1.23 bits per heavy atom. The summed E-state index contributed by atoms with van der Waals surface area (Å²) in [5.74, 6) is 0. The molecule has 13 heavy (non-hydrogen) atoms. The molecule has 0 aliphatic carbocycles. The second-order valence-electron chi connectivity index (χ2n) is 3.12. The van der Waals surface area contributed by atoms with Gasteiger partial charge in [0.15, 0.2) is 0 Å². The molecule has 0 saturated carbocycles. The average Bonchev–Trinajstić information content (AvgIpc) is 2.22. The Balaban J connectivity index is 0.000000132. The molecule has 0 radical (unpaired) electrons. The zero-order chi connectivity index (χ0) is 9.36. The lowest BCUT2D eigenvalue weighted by Gasteiger charge is -2.17. The van der Waals surface area contributed by atoms with Crippen molar-refractivity contribution in [2.24, 2.45) is 0 Å². The van der Waals surface area contributed by atoms with Crippen LogP contribution in [0, 0.1) is 0 Å². The summed E-state index contributed by atoms with van der Waals surface area (Å²) in [5, 5.41) is 6.33. The van der Waals surface area contributed by atoms with E-state index in [1.807, 2.05) is 7.05 Å². The predicted octanol–water partition coefficient (Wildman–Crippen LogP) is -0.401. The molecule has 1 saturated heterocycles. The first-order chi connectivity index (χ1) is 6.39. The van der Waals surface area contributed by atoms with Gasteiger partial charge in [-0.05, 0) is 6.20 Å². The summed E-state index contributed by atoms with van der Waals surface area (Å²) in [5.41, 5.74) is 0. The molecule has 2 rings (SSSR count). The number of nitrogens with zero attached hydrogens (tertiary/aromatic N) is 1. The third-order valence-electron chi connectivity index (χ3n) is 1.83. The SMILES string of the molecule is C1COCCN1.CN1C=CCNC1. The number of morpholine rings is 1. The Kier molecular flexibility index (Phi) is 5.56. The minimum Gasteiger partial charge on any atom is -0.379 e. The quantitative estimate of drug-likeness (QED) is 0.538. The molecule has 76 valence electrons. The minimum atomic E-state index is 0.889. The van der Waals surface area contributed by atoms with E-state index < -0.39 is 0 Å². The molecule has 0 bridgehead atoms. The van der Waals surface area contributed by atoms with E-state index in [1.165, 1.54) is 0 Å². The smallest absolute Gasteiger partial charge is 0.0675 e. The zero-order valence-electron chi connectivity index (χ0n) is 8.25. The maximum atomic E-state index is 5.01. The van der Waals surface area contributed by atoms with Crippen LogP contribution in [0.2, 0.25) is 0 Å². The fraction of sp³-hybridized carbons (Fsp3) is 0.778. The number of nitrogens with one attached hydrogen (secondary N) is 2. The van der Waals surface area contributed by atoms with Crippen molar-refractivity contribution in [3.63, 3.8) is 0 Å². The van der Waals surface area contributed by atoms with Gasteiger partial charge in [0.1, 0.15) is 0 Å². The van der Waals surface area contributed by atoms with Crippen molar-refractivity contribution in [2.45, 2.75) is 0 Å². The van der Waals surface area contributed by atoms with E-state index in [9.17, 15) is 0 Å². The largest absolute Gasteiger partial charge is 0.379 e. The maximum absolute atomic E-state index is 5.01. The molecule has 2 aliphatic rings. The highest BCUT2D eigenvalue weighted by Crippen LogP contribution is 1.85. The summed E-state index contributed by atoms with van der Waals surface area (Å²) in [6.07, 6.45) is 4.18. The highest BCUT2D eigenvalue weighted by atomic mass is 16.5. The molecular weight excluding hydrogens is 166 g/mol. The van der Waals surface area contributed by atoms with E-state index in [0.29, 0.717) is 0 Å². The van der Waals surface area contributed by atoms with Gasteiger partial charge in [0, 0.05) is 26.7 Å². The second kappa shape index (κ2) is 6.88. The van der Waals surface area contributed by atoms with Crippen LogP contribution in [0.1, 0.15) is 0 Å². The van der Waals surface area contributed by atoms with Crippen molar-refractivity contribution in [2.75, 3.05) is 46.6 Å². The number of hydrogen-bond acceptors (Lipinski definition) is 4. The van der Waals surface area contributed by atoms with Gasteiger partial charge in [0.25, 0.3) is 0 Å². The molecule has 0 aromatic heterocycles. The van der Waals surface area contributed by atoms with Gasteiger partial charge in [0.05, 0.1) is 19.9 Å². The highest BCUT2D eigenvalue weighted by molar-refractivity contribution is 4.86. The molecule has 4 heteroatoms. The van der Waals surface area contributed by atoms with Gasteiger partial charge in [-0.25, -0.2) is 0 Å². The first-order valence-corrected chi connectivity index (χ1v) is 4.75. The molecule has 0 unspecified atom stereocenters. The van der Waals surface area contributed by atoms with Gasteiger partial charge < -0.3 is 15.0 Å². The molecule has 2 aliphatic heterocycles. The zero-order valence-corrected chi connectivity index (χ0v) is 8.25. The lowest BCUT2D eigenvalue weighted by Crippen LogP contribution is -2.31.